The molecule has 2 amide bonds. The van der Waals surface area contributed by atoms with E-state index in [4.69, 9.17) is 4.74 Å². The van der Waals surface area contributed by atoms with E-state index < -0.39 is 0 Å². The lowest BCUT2D eigenvalue weighted by Crippen LogP contribution is -2.38. The molecule has 1 aliphatic heterocycles. The molecule has 5 rings (SSSR count). The highest BCUT2D eigenvalue weighted by molar-refractivity contribution is 7.15. The lowest BCUT2D eigenvalue weighted by molar-refractivity contribution is -0.134. The van der Waals surface area contributed by atoms with Crippen molar-refractivity contribution in [3.05, 3.63) is 53.0 Å². The molecule has 2 heterocycles. The second-order valence-electron chi connectivity index (χ2n) is 7.87. The van der Waals surface area contributed by atoms with Crippen LogP contribution in [0.15, 0.2) is 42.5 Å². The van der Waals surface area contributed by atoms with Crippen molar-refractivity contribution in [1.82, 2.24) is 9.88 Å². The van der Waals surface area contributed by atoms with E-state index in [-0.39, 0.29) is 24.3 Å². The first-order valence-corrected chi connectivity index (χ1v) is 11.2. The van der Waals surface area contributed by atoms with Crippen LogP contribution in [0.4, 0.5) is 5.13 Å². The van der Waals surface area contributed by atoms with E-state index in [2.05, 4.69) is 10.3 Å². The van der Waals surface area contributed by atoms with Gasteiger partial charge < -0.3 is 15.0 Å². The summed E-state index contributed by atoms with van der Waals surface area (Å²) in [5, 5.41) is 5.83. The molecule has 3 aromatic rings. The van der Waals surface area contributed by atoms with Gasteiger partial charge in [-0.1, -0.05) is 48.1 Å². The maximum absolute atomic E-state index is 12.7. The molecule has 2 aliphatic rings. The largest absolute Gasteiger partial charge is 0.484 e. The van der Waals surface area contributed by atoms with Crippen LogP contribution in [0, 0.1) is 5.92 Å². The number of thiazole rings is 1. The highest BCUT2D eigenvalue weighted by Gasteiger charge is 2.28. The fraction of sp³-hybridized carbons (Fsp3) is 0.348. The van der Waals surface area contributed by atoms with Gasteiger partial charge >= 0.3 is 0 Å². The van der Waals surface area contributed by atoms with Crippen molar-refractivity contribution in [3.8, 4) is 5.75 Å². The Hall–Kier alpha value is -2.93. The van der Waals surface area contributed by atoms with Gasteiger partial charge in [-0.3, -0.25) is 9.59 Å². The van der Waals surface area contributed by atoms with Crippen LogP contribution in [0.1, 0.15) is 29.8 Å². The average molecular weight is 422 g/mol. The highest BCUT2D eigenvalue weighted by atomic mass is 32.1. The Bertz CT molecular complexity index is 1110. The standard InChI is InChI=1S/C23H23N3O3S/c27-21(14-29-18-9-8-15-4-1-2-5-17(15)12-18)26-11-10-19-20(13-26)30-23(24-19)25-22(28)16-6-3-7-16/h1-2,4-5,8-9,12,16H,3,6-7,10-11,13-14H2,(H,24,25,28). The van der Waals surface area contributed by atoms with Crippen molar-refractivity contribution in [1.29, 1.82) is 0 Å². The molecule has 2 aromatic carbocycles. The third kappa shape index (κ3) is 3.89. The average Bonchev–Trinajstić information content (AvgIpc) is 3.11. The van der Waals surface area contributed by atoms with Gasteiger partial charge in [0.25, 0.3) is 5.91 Å². The fourth-order valence-corrected chi connectivity index (χ4v) is 4.86. The molecule has 1 N–H and O–H groups in total. The molecule has 0 unspecified atom stereocenters. The van der Waals surface area contributed by atoms with Crippen LogP contribution in [0.5, 0.6) is 5.75 Å². The lowest BCUT2D eigenvalue weighted by Gasteiger charge is -2.26. The number of nitrogens with one attached hydrogen (secondary N) is 1. The van der Waals surface area contributed by atoms with Gasteiger partial charge in [0, 0.05) is 23.8 Å². The van der Waals surface area contributed by atoms with Crippen LogP contribution in [0.2, 0.25) is 0 Å². The minimum Gasteiger partial charge on any atom is -0.484 e. The molecule has 0 radical (unpaired) electrons. The number of benzene rings is 2. The number of anilines is 1. The maximum atomic E-state index is 12.7. The first-order valence-electron chi connectivity index (χ1n) is 10.3. The molecule has 1 aromatic heterocycles. The van der Waals surface area contributed by atoms with Gasteiger partial charge in [-0.25, -0.2) is 4.98 Å². The number of hydrogen-bond donors (Lipinski definition) is 1. The Morgan fingerprint density at radius 1 is 1.17 bits per heavy atom. The number of ether oxygens (including phenoxy) is 1. The zero-order valence-corrected chi connectivity index (χ0v) is 17.4. The molecule has 154 valence electrons. The first kappa shape index (κ1) is 19.1. The van der Waals surface area contributed by atoms with Gasteiger partial charge in [0.2, 0.25) is 5.91 Å². The Morgan fingerprint density at radius 2 is 2.00 bits per heavy atom. The summed E-state index contributed by atoms with van der Waals surface area (Å²) in [6.07, 6.45) is 3.77. The van der Waals surface area contributed by atoms with E-state index in [1.165, 1.54) is 11.3 Å². The molecule has 7 heteroatoms. The van der Waals surface area contributed by atoms with Crippen LogP contribution in [-0.4, -0.2) is 34.8 Å². The van der Waals surface area contributed by atoms with Crippen LogP contribution in [-0.2, 0) is 22.6 Å². The van der Waals surface area contributed by atoms with Crippen LogP contribution in [0.3, 0.4) is 0 Å². The number of hydrogen-bond acceptors (Lipinski definition) is 5. The second-order valence-corrected chi connectivity index (χ2v) is 8.95. The monoisotopic (exact) mass is 421 g/mol. The predicted octanol–water partition coefficient (Wildman–Crippen LogP) is 4.00. The van der Waals surface area contributed by atoms with Gasteiger partial charge in [0.05, 0.1) is 12.2 Å². The smallest absolute Gasteiger partial charge is 0.260 e. The highest BCUT2D eigenvalue weighted by Crippen LogP contribution is 2.31. The van der Waals surface area contributed by atoms with Gasteiger partial charge in [-0.15, -0.1) is 0 Å². The van der Waals surface area contributed by atoms with E-state index in [9.17, 15) is 9.59 Å². The van der Waals surface area contributed by atoms with Gasteiger partial charge in [-0.05, 0) is 35.7 Å². The fourth-order valence-electron chi connectivity index (χ4n) is 3.83. The van der Waals surface area contributed by atoms with Crippen molar-refractivity contribution >= 4 is 39.1 Å². The number of fused-ring (bicyclic) bond motifs is 2. The zero-order valence-electron chi connectivity index (χ0n) is 16.6. The van der Waals surface area contributed by atoms with Gasteiger partial charge in [-0.2, -0.15) is 0 Å². The van der Waals surface area contributed by atoms with Crippen molar-refractivity contribution in [2.75, 3.05) is 18.5 Å². The molecule has 1 aliphatic carbocycles. The van der Waals surface area contributed by atoms with Gasteiger partial charge in [0.1, 0.15) is 5.75 Å². The number of carbonyl (C=O) groups excluding carboxylic acids is 2. The van der Waals surface area contributed by atoms with E-state index in [0.29, 0.717) is 30.4 Å². The normalized spacial score (nSPS) is 16.1. The second kappa shape index (κ2) is 8.07. The van der Waals surface area contributed by atoms with Crippen LogP contribution >= 0.6 is 11.3 Å². The Balaban J connectivity index is 1.18. The summed E-state index contributed by atoms with van der Waals surface area (Å²) in [5.74, 6) is 0.862. The van der Waals surface area contributed by atoms with Crippen molar-refractivity contribution in [2.24, 2.45) is 5.92 Å². The molecule has 0 bridgehead atoms. The van der Waals surface area contributed by atoms with E-state index in [1.54, 1.807) is 4.90 Å². The third-order valence-corrected chi connectivity index (χ3v) is 6.87. The summed E-state index contributed by atoms with van der Waals surface area (Å²) in [7, 11) is 0. The number of carbonyl (C=O) groups is 2. The minimum absolute atomic E-state index is 0.0117. The molecule has 6 nitrogen and oxygen atoms in total. The zero-order chi connectivity index (χ0) is 20.5. The molecular formula is C23H23N3O3S. The third-order valence-electron chi connectivity index (χ3n) is 5.87. The van der Waals surface area contributed by atoms with E-state index in [0.717, 1.165) is 40.6 Å². The van der Waals surface area contributed by atoms with Crippen LogP contribution in [0.25, 0.3) is 10.8 Å². The quantitative estimate of drug-likeness (QED) is 0.676. The van der Waals surface area contributed by atoms with E-state index in [1.807, 2.05) is 42.5 Å². The summed E-state index contributed by atoms with van der Waals surface area (Å²) >= 11 is 1.47. The Kier molecular flexibility index (Phi) is 5.12. The summed E-state index contributed by atoms with van der Waals surface area (Å²) in [5.41, 5.74) is 0.989. The molecule has 1 fully saturated rings. The Morgan fingerprint density at radius 3 is 2.80 bits per heavy atom. The molecule has 0 atom stereocenters. The lowest BCUT2D eigenvalue weighted by atomic mass is 9.85. The molecule has 30 heavy (non-hydrogen) atoms. The molecular weight excluding hydrogens is 398 g/mol. The molecule has 0 spiro atoms. The number of aromatic nitrogens is 1. The van der Waals surface area contributed by atoms with Crippen molar-refractivity contribution < 1.29 is 14.3 Å². The van der Waals surface area contributed by atoms with Crippen molar-refractivity contribution in [3.63, 3.8) is 0 Å². The maximum Gasteiger partial charge on any atom is 0.260 e. The van der Waals surface area contributed by atoms with Crippen molar-refractivity contribution in [2.45, 2.75) is 32.2 Å². The summed E-state index contributed by atoms with van der Waals surface area (Å²) in [6, 6.07) is 13.9. The predicted molar refractivity (Wildman–Crippen MR) is 117 cm³/mol. The van der Waals surface area contributed by atoms with Crippen LogP contribution < -0.4 is 10.1 Å². The topological polar surface area (TPSA) is 71.5 Å². The Labute approximate surface area is 178 Å². The molecule has 1 saturated carbocycles. The molecule has 0 saturated heterocycles. The van der Waals surface area contributed by atoms with Gasteiger partial charge in [0.15, 0.2) is 11.7 Å². The summed E-state index contributed by atoms with van der Waals surface area (Å²) < 4.78 is 5.76. The summed E-state index contributed by atoms with van der Waals surface area (Å²) in [4.78, 5) is 32.3. The number of nitrogens with zero attached hydrogens (tertiary/aromatic N) is 2. The summed E-state index contributed by atoms with van der Waals surface area (Å²) in [6.45, 7) is 1.15. The number of amides is 2. The number of rotatable bonds is 5. The SMILES string of the molecule is O=C(Nc1nc2c(s1)CN(C(=O)COc1ccc3ccccc3c1)CC2)C1CCC1. The van der Waals surface area contributed by atoms with E-state index >= 15 is 0 Å². The first-order chi connectivity index (χ1) is 14.7. The minimum atomic E-state index is -0.0396.